The number of likely N-dealkylation sites (N-methyl/N-ethyl adjacent to an activating group) is 1. The van der Waals surface area contributed by atoms with Crippen molar-refractivity contribution in [3.63, 3.8) is 0 Å². The van der Waals surface area contributed by atoms with Crippen LogP contribution in [0.15, 0.2) is 28.5 Å². The first-order valence-electron chi connectivity index (χ1n) is 11.3. The van der Waals surface area contributed by atoms with Crippen LogP contribution >= 0.6 is 34.3 Å². The fourth-order valence-corrected chi connectivity index (χ4v) is 8.30. The highest BCUT2D eigenvalue weighted by Gasteiger charge is 2.35. The molecule has 0 bridgehead atoms. The summed E-state index contributed by atoms with van der Waals surface area (Å²) in [6, 6.07) is 7.01. The van der Waals surface area contributed by atoms with Gasteiger partial charge in [0.15, 0.2) is 5.13 Å². The van der Waals surface area contributed by atoms with Crippen LogP contribution in [0.25, 0.3) is 10.2 Å². The third-order valence-electron chi connectivity index (χ3n) is 6.13. The lowest BCUT2D eigenvalue weighted by atomic mass is 9.96. The molecule has 35 heavy (non-hydrogen) atoms. The molecule has 0 unspecified atom stereocenters. The first-order chi connectivity index (χ1) is 16.6. The molecular formula is C23H29ClN4O4S3. The Morgan fingerprint density at radius 1 is 1.17 bits per heavy atom. The maximum absolute atomic E-state index is 13.7. The lowest BCUT2D eigenvalue weighted by Crippen LogP contribution is -2.45. The standard InChI is InChI=1S/C23H29ClN4O4S3/c1-15-5-6-17(32-4)20-21(15)34-23(25-20)28(14-13-26(2)3)22(29)16-9-11-27(12-10-16)35(30,31)19-8-7-18(24)33-19/h5-8,16H,9-14H2,1-4H3. The van der Waals surface area contributed by atoms with E-state index < -0.39 is 10.0 Å². The third kappa shape index (κ3) is 5.50. The van der Waals surface area contributed by atoms with Gasteiger partial charge in [0.2, 0.25) is 5.91 Å². The second-order valence-corrected chi connectivity index (χ2v) is 13.6. The number of fused-ring (bicyclic) bond motifs is 1. The Bertz CT molecular complexity index is 1310. The highest BCUT2D eigenvalue weighted by atomic mass is 35.5. The number of benzene rings is 1. The molecule has 0 aliphatic carbocycles. The predicted octanol–water partition coefficient (Wildman–Crippen LogP) is 4.32. The van der Waals surface area contributed by atoms with Crippen LogP contribution in [0.1, 0.15) is 18.4 Å². The van der Waals surface area contributed by atoms with Crippen LogP contribution in [0.2, 0.25) is 4.34 Å². The quantitative estimate of drug-likeness (QED) is 0.411. The van der Waals surface area contributed by atoms with Gasteiger partial charge in [-0.2, -0.15) is 4.31 Å². The summed E-state index contributed by atoms with van der Waals surface area (Å²) in [7, 11) is 1.95. The van der Waals surface area contributed by atoms with Crippen molar-refractivity contribution in [1.29, 1.82) is 0 Å². The van der Waals surface area contributed by atoms with E-state index in [0.29, 0.717) is 54.2 Å². The van der Waals surface area contributed by atoms with Gasteiger partial charge < -0.3 is 9.64 Å². The summed E-state index contributed by atoms with van der Waals surface area (Å²) in [5.41, 5.74) is 1.84. The number of aryl methyl sites for hydroxylation is 1. The lowest BCUT2D eigenvalue weighted by Gasteiger charge is -2.33. The van der Waals surface area contributed by atoms with Gasteiger partial charge in [0.25, 0.3) is 10.0 Å². The molecule has 1 aliphatic rings. The zero-order chi connectivity index (χ0) is 25.3. The van der Waals surface area contributed by atoms with E-state index in [1.54, 1.807) is 18.1 Å². The van der Waals surface area contributed by atoms with Crippen molar-refractivity contribution in [2.45, 2.75) is 24.0 Å². The first kappa shape index (κ1) is 26.3. The van der Waals surface area contributed by atoms with Gasteiger partial charge in [0.1, 0.15) is 15.5 Å². The Balaban J connectivity index is 1.55. The number of carbonyl (C=O) groups excluding carboxylic acids is 1. The summed E-state index contributed by atoms with van der Waals surface area (Å²) < 4.78 is 34.5. The summed E-state index contributed by atoms with van der Waals surface area (Å²) in [6.07, 6.45) is 0.922. The number of ether oxygens (including phenoxy) is 1. The van der Waals surface area contributed by atoms with E-state index in [4.69, 9.17) is 21.3 Å². The van der Waals surface area contributed by atoms with Gasteiger partial charge in [-0.05, 0) is 57.6 Å². The van der Waals surface area contributed by atoms with Crippen molar-refractivity contribution in [2.75, 3.05) is 52.3 Å². The van der Waals surface area contributed by atoms with Gasteiger partial charge >= 0.3 is 0 Å². The van der Waals surface area contributed by atoms with Gasteiger partial charge in [-0.3, -0.25) is 9.69 Å². The number of methoxy groups -OCH3 is 1. The second kappa shape index (κ2) is 10.7. The molecule has 1 fully saturated rings. The lowest BCUT2D eigenvalue weighted by molar-refractivity contribution is -0.123. The van der Waals surface area contributed by atoms with Crippen LogP contribution in [0.5, 0.6) is 5.75 Å². The number of nitrogens with zero attached hydrogens (tertiary/aromatic N) is 4. The Morgan fingerprint density at radius 3 is 2.49 bits per heavy atom. The SMILES string of the molecule is COc1ccc(C)c2sc(N(CCN(C)C)C(=O)C3CCN(S(=O)(=O)c4ccc(Cl)s4)CC3)nc12. The average Bonchev–Trinajstić information content (AvgIpc) is 3.47. The van der Waals surface area contributed by atoms with Crippen LogP contribution in [-0.2, 0) is 14.8 Å². The Kier molecular flexibility index (Phi) is 8.04. The molecule has 2 aromatic heterocycles. The number of thiophene rings is 1. The van der Waals surface area contributed by atoms with Crippen LogP contribution in [0, 0.1) is 12.8 Å². The van der Waals surface area contributed by atoms with E-state index in [-0.39, 0.29) is 16.0 Å². The summed E-state index contributed by atoms with van der Waals surface area (Å²) in [4.78, 5) is 22.3. The molecule has 4 rings (SSSR count). The molecule has 3 aromatic rings. The molecule has 0 saturated carbocycles. The van der Waals surface area contributed by atoms with E-state index in [1.807, 2.05) is 38.1 Å². The van der Waals surface area contributed by atoms with E-state index in [2.05, 4.69) is 0 Å². The second-order valence-electron chi connectivity index (χ2n) is 8.79. The molecule has 1 aliphatic heterocycles. The van der Waals surface area contributed by atoms with Crippen LogP contribution in [0.4, 0.5) is 5.13 Å². The summed E-state index contributed by atoms with van der Waals surface area (Å²) in [5.74, 6) is 0.393. The molecule has 3 heterocycles. The highest BCUT2D eigenvalue weighted by molar-refractivity contribution is 7.91. The molecule has 1 saturated heterocycles. The Hall–Kier alpha value is -1.76. The predicted molar refractivity (Wildman–Crippen MR) is 143 cm³/mol. The number of thiazole rings is 1. The van der Waals surface area contributed by atoms with Crippen molar-refractivity contribution in [3.05, 3.63) is 34.2 Å². The minimum atomic E-state index is -3.60. The number of aromatic nitrogens is 1. The fraction of sp³-hybridized carbons (Fsp3) is 0.478. The van der Waals surface area contributed by atoms with Gasteiger partial charge in [-0.1, -0.05) is 29.0 Å². The monoisotopic (exact) mass is 556 g/mol. The zero-order valence-corrected chi connectivity index (χ0v) is 23.4. The minimum absolute atomic E-state index is 0.0151. The van der Waals surface area contributed by atoms with Crippen molar-refractivity contribution < 1.29 is 17.9 Å². The molecule has 1 amide bonds. The van der Waals surface area contributed by atoms with E-state index in [1.165, 1.54) is 21.7 Å². The van der Waals surface area contributed by atoms with Crippen LogP contribution in [-0.4, -0.2) is 75.9 Å². The number of piperidine rings is 1. The van der Waals surface area contributed by atoms with E-state index in [0.717, 1.165) is 27.1 Å². The fourth-order valence-electron chi connectivity index (χ4n) is 4.11. The Morgan fingerprint density at radius 2 is 1.89 bits per heavy atom. The first-order valence-corrected chi connectivity index (χ1v) is 14.7. The van der Waals surface area contributed by atoms with Gasteiger partial charge in [-0.15, -0.1) is 11.3 Å². The molecular weight excluding hydrogens is 528 g/mol. The number of carbonyl (C=O) groups is 1. The summed E-state index contributed by atoms with van der Waals surface area (Å²) in [6.45, 7) is 3.79. The summed E-state index contributed by atoms with van der Waals surface area (Å²) in [5, 5.41) is 0.641. The third-order valence-corrected chi connectivity index (χ3v) is 10.9. The molecule has 1 aromatic carbocycles. The van der Waals surface area contributed by atoms with E-state index in [9.17, 15) is 13.2 Å². The molecule has 0 N–H and O–H groups in total. The van der Waals surface area contributed by atoms with Crippen molar-refractivity contribution in [3.8, 4) is 5.75 Å². The smallest absolute Gasteiger partial charge is 0.252 e. The van der Waals surface area contributed by atoms with Crippen molar-refractivity contribution in [2.24, 2.45) is 5.92 Å². The van der Waals surface area contributed by atoms with Gasteiger partial charge in [0, 0.05) is 32.1 Å². The number of sulfonamides is 1. The summed E-state index contributed by atoms with van der Waals surface area (Å²) >= 11 is 8.48. The zero-order valence-electron chi connectivity index (χ0n) is 20.2. The number of anilines is 1. The van der Waals surface area contributed by atoms with Crippen LogP contribution in [0.3, 0.4) is 0 Å². The van der Waals surface area contributed by atoms with Gasteiger partial charge in [0.05, 0.1) is 16.1 Å². The largest absolute Gasteiger partial charge is 0.494 e. The minimum Gasteiger partial charge on any atom is -0.494 e. The highest BCUT2D eigenvalue weighted by Crippen LogP contribution is 2.38. The molecule has 0 atom stereocenters. The molecule has 190 valence electrons. The van der Waals surface area contributed by atoms with E-state index >= 15 is 0 Å². The number of rotatable bonds is 8. The van der Waals surface area contributed by atoms with Crippen molar-refractivity contribution >= 4 is 65.6 Å². The average molecular weight is 557 g/mol. The molecule has 0 radical (unpaired) electrons. The number of halogens is 1. The topological polar surface area (TPSA) is 83.0 Å². The van der Waals surface area contributed by atoms with Crippen molar-refractivity contribution in [1.82, 2.24) is 14.2 Å². The normalized spacial score (nSPS) is 15.7. The maximum Gasteiger partial charge on any atom is 0.252 e. The van der Waals surface area contributed by atoms with Crippen LogP contribution < -0.4 is 9.64 Å². The Labute approximate surface area is 219 Å². The maximum atomic E-state index is 13.7. The van der Waals surface area contributed by atoms with Gasteiger partial charge in [-0.25, -0.2) is 13.4 Å². The molecule has 12 heteroatoms. The number of amides is 1. The number of hydrogen-bond donors (Lipinski definition) is 0. The molecule has 8 nitrogen and oxygen atoms in total. The number of hydrogen-bond acceptors (Lipinski definition) is 8. The molecule has 0 spiro atoms.